The molecule has 1 aromatic rings. The van der Waals surface area contributed by atoms with Crippen molar-refractivity contribution in [3.05, 3.63) is 29.3 Å². The second-order valence-electron chi connectivity index (χ2n) is 4.41. The van der Waals surface area contributed by atoms with E-state index in [1.165, 1.54) is 0 Å². The van der Waals surface area contributed by atoms with Crippen molar-refractivity contribution >= 4 is 0 Å². The molecule has 0 aliphatic heterocycles. The van der Waals surface area contributed by atoms with E-state index in [9.17, 15) is 0 Å². The molecule has 0 spiro atoms. The van der Waals surface area contributed by atoms with Crippen LogP contribution in [-0.4, -0.2) is 52.5 Å². The van der Waals surface area contributed by atoms with Crippen LogP contribution in [0.4, 0.5) is 0 Å². The van der Waals surface area contributed by atoms with E-state index in [1.807, 2.05) is 18.2 Å². The largest absolute Gasteiger partial charge is 0.495 e. The van der Waals surface area contributed by atoms with Gasteiger partial charge >= 0.3 is 0 Å². The van der Waals surface area contributed by atoms with Crippen LogP contribution in [0.2, 0.25) is 0 Å². The van der Waals surface area contributed by atoms with Crippen molar-refractivity contribution in [2.75, 3.05) is 47.6 Å². The van der Waals surface area contributed by atoms with Crippen molar-refractivity contribution in [3.63, 3.8) is 0 Å². The highest BCUT2D eigenvalue weighted by molar-refractivity contribution is 5.45. The summed E-state index contributed by atoms with van der Waals surface area (Å²) in [5, 5.41) is 9.11. The molecule has 5 nitrogen and oxygen atoms in total. The third-order valence-corrected chi connectivity index (χ3v) is 3.01. The summed E-state index contributed by atoms with van der Waals surface area (Å²) in [7, 11) is 4.95. The van der Waals surface area contributed by atoms with Crippen molar-refractivity contribution in [1.29, 1.82) is 5.26 Å². The molecule has 0 aliphatic carbocycles. The van der Waals surface area contributed by atoms with Crippen LogP contribution < -0.4 is 4.74 Å². The Balaban J connectivity index is 2.74. The minimum Gasteiger partial charge on any atom is -0.495 e. The van der Waals surface area contributed by atoms with Crippen molar-refractivity contribution in [2.45, 2.75) is 6.54 Å². The van der Waals surface area contributed by atoms with E-state index in [-0.39, 0.29) is 0 Å². The summed E-state index contributed by atoms with van der Waals surface area (Å²) in [6, 6.07) is 7.83. The quantitative estimate of drug-likeness (QED) is 0.687. The van der Waals surface area contributed by atoms with Gasteiger partial charge in [0.2, 0.25) is 0 Å². The number of hydrogen-bond donors (Lipinski definition) is 0. The molecule has 0 fully saturated rings. The van der Waals surface area contributed by atoms with Gasteiger partial charge in [-0.15, -0.1) is 0 Å². The van der Waals surface area contributed by atoms with Crippen molar-refractivity contribution < 1.29 is 14.2 Å². The van der Waals surface area contributed by atoms with Crippen molar-refractivity contribution in [3.8, 4) is 11.8 Å². The van der Waals surface area contributed by atoms with Gasteiger partial charge in [0.05, 0.1) is 25.9 Å². The van der Waals surface area contributed by atoms with E-state index >= 15 is 0 Å². The summed E-state index contributed by atoms with van der Waals surface area (Å²) in [6.45, 7) is 3.75. The number of rotatable bonds is 9. The molecule has 0 radical (unpaired) electrons. The van der Waals surface area contributed by atoms with Gasteiger partial charge in [0.15, 0.2) is 0 Å². The molecule has 110 valence electrons. The smallest absolute Gasteiger partial charge is 0.136 e. The molecule has 0 aromatic heterocycles. The lowest BCUT2D eigenvalue weighted by Gasteiger charge is -2.21. The zero-order valence-electron chi connectivity index (χ0n) is 12.4. The molecule has 20 heavy (non-hydrogen) atoms. The number of nitriles is 1. The zero-order chi connectivity index (χ0) is 14.8. The molecule has 0 aliphatic rings. The first-order valence-electron chi connectivity index (χ1n) is 6.52. The number of nitrogens with zero attached hydrogens (tertiary/aromatic N) is 2. The van der Waals surface area contributed by atoms with Gasteiger partial charge in [-0.3, -0.25) is 4.90 Å². The van der Waals surface area contributed by atoms with E-state index in [1.54, 1.807) is 21.3 Å². The lowest BCUT2D eigenvalue weighted by Crippen LogP contribution is -2.30. The fraction of sp³-hybridized carbons (Fsp3) is 0.533. The van der Waals surface area contributed by atoms with Crippen molar-refractivity contribution in [1.82, 2.24) is 4.90 Å². The minimum absolute atomic E-state index is 0.559. The first kappa shape index (κ1) is 16.4. The number of hydrogen-bond acceptors (Lipinski definition) is 5. The van der Waals surface area contributed by atoms with Gasteiger partial charge in [-0.05, 0) is 17.7 Å². The van der Waals surface area contributed by atoms with Crippen LogP contribution in [0.1, 0.15) is 11.1 Å². The number of ether oxygens (including phenoxy) is 3. The summed E-state index contributed by atoms with van der Waals surface area (Å²) in [5.41, 5.74) is 1.64. The fourth-order valence-electron chi connectivity index (χ4n) is 1.91. The molecule has 0 amide bonds. The van der Waals surface area contributed by atoms with Crippen LogP contribution in [-0.2, 0) is 16.0 Å². The van der Waals surface area contributed by atoms with Gasteiger partial charge in [0.25, 0.3) is 0 Å². The summed E-state index contributed by atoms with van der Waals surface area (Å²) in [4.78, 5) is 2.23. The van der Waals surface area contributed by atoms with Gasteiger partial charge in [0.1, 0.15) is 11.8 Å². The monoisotopic (exact) mass is 278 g/mol. The van der Waals surface area contributed by atoms with Crippen LogP contribution in [0.25, 0.3) is 0 Å². The molecule has 0 saturated heterocycles. The maximum absolute atomic E-state index is 9.11. The predicted octanol–water partition coefficient (Wildman–Crippen LogP) is 1.66. The van der Waals surface area contributed by atoms with Crippen LogP contribution in [0.5, 0.6) is 5.75 Å². The number of methoxy groups -OCH3 is 3. The fourth-order valence-corrected chi connectivity index (χ4v) is 1.91. The van der Waals surface area contributed by atoms with Crippen LogP contribution in [0, 0.1) is 11.3 Å². The van der Waals surface area contributed by atoms with Gasteiger partial charge in [-0.1, -0.05) is 6.07 Å². The van der Waals surface area contributed by atoms with E-state index in [0.717, 1.165) is 25.2 Å². The Morgan fingerprint density at radius 2 is 1.75 bits per heavy atom. The third kappa shape index (κ3) is 5.17. The van der Waals surface area contributed by atoms with E-state index in [0.29, 0.717) is 24.5 Å². The highest BCUT2D eigenvalue weighted by Gasteiger charge is 2.08. The first-order valence-corrected chi connectivity index (χ1v) is 6.52. The summed E-state index contributed by atoms with van der Waals surface area (Å²) in [6.07, 6.45) is 0. The van der Waals surface area contributed by atoms with Crippen molar-refractivity contribution in [2.24, 2.45) is 0 Å². The summed E-state index contributed by atoms with van der Waals surface area (Å²) in [5.74, 6) is 0.608. The third-order valence-electron chi connectivity index (χ3n) is 3.01. The molecule has 0 unspecified atom stereocenters. The number of benzene rings is 1. The Labute approximate surface area is 120 Å². The molecule has 0 heterocycles. The Hall–Kier alpha value is -1.61. The minimum atomic E-state index is 0.559. The van der Waals surface area contributed by atoms with E-state index in [4.69, 9.17) is 19.5 Å². The van der Waals surface area contributed by atoms with Gasteiger partial charge in [-0.2, -0.15) is 5.26 Å². The molecule has 0 N–H and O–H groups in total. The molecule has 1 rings (SSSR count). The van der Waals surface area contributed by atoms with Crippen LogP contribution in [0.3, 0.4) is 0 Å². The Morgan fingerprint density at radius 3 is 2.25 bits per heavy atom. The summed E-state index contributed by atoms with van der Waals surface area (Å²) < 4.78 is 15.4. The molecule has 1 aromatic carbocycles. The Morgan fingerprint density at radius 1 is 1.10 bits per heavy atom. The lowest BCUT2D eigenvalue weighted by molar-refractivity contribution is 0.110. The lowest BCUT2D eigenvalue weighted by atomic mass is 10.1. The van der Waals surface area contributed by atoms with Crippen LogP contribution >= 0.6 is 0 Å². The average molecular weight is 278 g/mol. The molecule has 0 bridgehead atoms. The topological polar surface area (TPSA) is 54.7 Å². The van der Waals surface area contributed by atoms with Gasteiger partial charge in [-0.25, -0.2) is 0 Å². The Kier molecular flexibility index (Phi) is 7.66. The Bertz CT molecular complexity index is 435. The second-order valence-corrected chi connectivity index (χ2v) is 4.41. The molecule has 0 saturated carbocycles. The van der Waals surface area contributed by atoms with Gasteiger partial charge < -0.3 is 14.2 Å². The molecule has 5 heteroatoms. The zero-order valence-corrected chi connectivity index (χ0v) is 12.4. The first-order chi connectivity index (χ1) is 9.74. The molecular weight excluding hydrogens is 256 g/mol. The molecule has 0 atom stereocenters. The van der Waals surface area contributed by atoms with Gasteiger partial charge in [0, 0.05) is 33.9 Å². The second kappa shape index (κ2) is 9.32. The summed E-state index contributed by atoms with van der Waals surface area (Å²) >= 11 is 0. The average Bonchev–Trinajstić information content (AvgIpc) is 2.49. The highest BCUT2D eigenvalue weighted by Crippen LogP contribution is 2.19. The SMILES string of the molecule is COCCN(CCOC)Cc1ccc(OC)c(C#N)c1. The molecular formula is C15H22N2O3. The van der Waals surface area contributed by atoms with E-state index < -0.39 is 0 Å². The standard InChI is InChI=1S/C15H22N2O3/c1-18-8-6-17(7-9-19-2)12-13-4-5-15(20-3)14(10-13)11-16/h4-5,10H,6-9,12H2,1-3H3. The van der Waals surface area contributed by atoms with E-state index in [2.05, 4.69) is 11.0 Å². The van der Waals surface area contributed by atoms with Crippen LogP contribution in [0.15, 0.2) is 18.2 Å². The highest BCUT2D eigenvalue weighted by atomic mass is 16.5. The normalized spacial score (nSPS) is 10.6. The maximum atomic E-state index is 9.11. The predicted molar refractivity (Wildman–Crippen MR) is 76.7 cm³/mol. The maximum Gasteiger partial charge on any atom is 0.136 e.